The number of esters is 1. The van der Waals surface area contributed by atoms with Crippen molar-refractivity contribution in [2.75, 3.05) is 38.2 Å². The Morgan fingerprint density at radius 1 is 1.04 bits per heavy atom. The highest BCUT2D eigenvalue weighted by Crippen LogP contribution is 2.23. The van der Waals surface area contributed by atoms with Crippen molar-refractivity contribution in [3.63, 3.8) is 0 Å². The first-order chi connectivity index (χ1) is 13.5. The Balaban J connectivity index is 1.79. The van der Waals surface area contributed by atoms with Crippen LogP contribution in [0.5, 0.6) is 5.75 Å². The number of quaternary nitrogens is 1. The molecule has 0 atom stereocenters. The van der Waals surface area contributed by atoms with E-state index in [0.717, 1.165) is 19.6 Å². The van der Waals surface area contributed by atoms with Gasteiger partial charge in [0.05, 0.1) is 23.7 Å². The predicted molar refractivity (Wildman–Crippen MR) is 109 cm³/mol. The third-order valence-corrected chi connectivity index (χ3v) is 4.60. The van der Waals surface area contributed by atoms with Crippen LogP contribution in [0.3, 0.4) is 0 Å². The number of ether oxygens (including phenoxy) is 2. The second kappa shape index (κ2) is 11.3. The van der Waals surface area contributed by atoms with Gasteiger partial charge in [0.15, 0.2) is 6.61 Å². The van der Waals surface area contributed by atoms with Gasteiger partial charge in [-0.15, -0.1) is 0 Å². The Kier molecular flexibility index (Phi) is 8.78. The number of benzene rings is 2. The maximum Gasteiger partial charge on any atom is 0.338 e. The minimum atomic E-state index is -0.369. The van der Waals surface area contributed by atoms with Crippen molar-refractivity contribution < 1.29 is 24.0 Å². The number of halogens is 1. The van der Waals surface area contributed by atoms with Gasteiger partial charge in [-0.3, -0.25) is 4.79 Å². The van der Waals surface area contributed by atoms with E-state index in [1.165, 1.54) is 4.90 Å². The summed E-state index contributed by atoms with van der Waals surface area (Å²) in [5, 5.41) is 3.15. The van der Waals surface area contributed by atoms with Crippen LogP contribution < -0.4 is 15.0 Å². The topological polar surface area (TPSA) is 69.1 Å². The van der Waals surface area contributed by atoms with Gasteiger partial charge in [0.25, 0.3) is 5.91 Å². The molecule has 150 valence electrons. The standard InChI is InChI=1S/C21H25ClN2O4/c1-3-24(4-2)13-14-27-21(26)16-9-11-17(12-10-16)23-20(25)15-28-19-8-6-5-7-18(19)22/h5-12H,3-4,13-15H2,1-2H3,(H,23,25)/p+1. The zero-order chi connectivity index (χ0) is 20.4. The first kappa shape index (κ1) is 21.7. The lowest BCUT2D eigenvalue weighted by Crippen LogP contribution is -3.11. The smallest absolute Gasteiger partial charge is 0.338 e. The molecule has 0 spiro atoms. The summed E-state index contributed by atoms with van der Waals surface area (Å²) in [6.45, 7) is 7.22. The fraction of sp³-hybridized carbons (Fsp3) is 0.333. The van der Waals surface area contributed by atoms with Crippen molar-refractivity contribution in [2.45, 2.75) is 13.8 Å². The Morgan fingerprint density at radius 2 is 1.71 bits per heavy atom. The second-order valence-corrected chi connectivity index (χ2v) is 6.59. The highest BCUT2D eigenvalue weighted by molar-refractivity contribution is 6.32. The van der Waals surface area contributed by atoms with E-state index in [-0.39, 0.29) is 18.5 Å². The first-order valence-corrected chi connectivity index (χ1v) is 9.69. The second-order valence-electron chi connectivity index (χ2n) is 6.19. The van der Waals surface area contributed by atoms with Gasteiger partial charge in [-0.25, -0.2) is 4.79 Å². The number of carbonyl (C=O) groups excluding carboxylic acids is 2. The molecule has 0 heterocycles. The monoisotopic (exact) mass is 405 g/mol. The first-order valence-electron chi connectivity index (χ1n) is 9.31. The maximum atomic E-state index is 12.1. The van der Waals surface area contributed by atoms with Gasteiger partial charge in [-0.1, -0.05) is 23.7 Å². The third kappa shape index (κ3) is 6.87. The number of para-hydroxylation sites is 1. The van der Waals surface area contributed by atoms with E-state index in [1.54, 1.807) is 48.5 Å². The molecule has 0 fully saturated rings. The molecule has 28 heavy (non-hydrogen) atoms. The molecule has 0 saturated heterocycles. The Morgan fingerprint density at radius 3 is 2.36 bits per heavy atom. The summed E-state index contributed by atoms with van der Waals surface area (Å²) in [7, 11) is 0. The van der Waals surface area contributed by atoms with Crippen molar-refractivity contribution in [2.24, 2.45) is 0 Å². The minimum Gasteiger partial charge on any atom is -0.482 e. The molecule has 0 radical (unpaired) electrons. The third-order valence-electron chi connectivity index (χ3n) is 4.29. The summed E-state index contributed by atoms with van der Waals surface area (Å²) in [6.07, 6.45) is 0. The summed E-state index contributed by atoms with van der Waals surface area (Å²) in [5.41, 5.74) is 1.01. The van der Waals surface area contributed by atoms with Gasteiger partial charge >= 0.3 is 5.97 Å². The van der Waals surface area contributed by atoms with Crippen LogP contribution in [0.25, 0.3) is 0 Å². The Hall–Kier alpha value is -2.57. The van der Waals surface area contributed by atoms with Crippen molar-refractivity contribution >= 4 is 29.2 Å². The van der Waals surface area contributed by atoms with E-state index in [9.17, 15) is 9.59 Å². The van der Waals surface area contributed by atoms with Gasteiger partial charge in [0, 0.05) is 5.69 Å². The predicted octanol–water partition coefficient (Wildman–Crippen LogP) is 2.44. The van der Waals surface area contributed by atoms with Crippen molar-refractivity contribution in [1.82, 2.24) is 0 Å². The molecule has 7 heteroatoms. The molecule has 0 saturated carbocycles. The number of nitrogens with one attached hydrogen (secondary N) is 2. The summed E-state index contributed by atoms with van der Waals surface area (Å²) < 4.78 is 10.7. The van der Waals surface area contributed by atoms with Crippen molar-refractivity contribution in [3.05, 3.63) is 59.1 Å². The van der Waals surface area contributed by atoms with E-state index in [2.05, 4.69) is 19.2 Å². The molecule has 2 rings (SSSR count). The molecule has 0 bridgehead atoms. The SMILES string of the molecule is CC[NH+](CC)CCOC(=O)c1ccc(NC(=O)COc2ccccc2Cl)cc1. The van der Waals surface area contributed by atoms with Crippen LogP contribution in [0, 0.1) is 0 Å². The highest BCUT2D eigenvalue weighted by Gasteiger charge is 2.10. The molecule has 2 N–H and O–H groups in total. The number of carbonyl (C=O) groups is 2. The molecule has 6 nitrogen and oxygen atoms in total. The Labute approximate surface area is 170 Å². The Bertz CT molecular complexity index is 776. The van der Waals surface area contributed by atoms with Gasteiger partial charge in [0.2, 0.25) is 0 Å². The number of hydrogen-bond donors (Lipinski definition) is 2. The lowest BCUT2D eigenvalue weighted by atomic mass is 10.2. The molecular weight excluding hydrogens is 380 g/mol. The largest absolute Gasteiger partial charge is 0.482 e. The van der Waals surface area contributed by atoms with Gasteiger partial charge in [-0.05, 0) is 50.2 Å². The zero-order valence-electron chi connectivity index (χ0n) is 16.2. The van der Waals surface area contributed by atoms with E-state index >= 15 is 0 Å². The quantitative estimate of drug-likeness (QED) is 0.596. The highest BCUT2D eigenvalue weighted by atomic mass is 35.5. The van der Waals surface area contributed by atoms with Gasteiger partial charge in [0.1, 0.15) is 18.9 Å². The number of rotatable bonds is 10. The maximum absolute atomic E-state index is 12.1. The summed E-state index contributed by atoms with van der Waals surface area (Å²) in [5.74, 6) is -0.243. The van der Waals surface area contributed by atoms with E-state index < -0.39 is 0 Å². The summed E-state index contributed by atoms with van der Waals surface area (Å²) >= 11 is 5.98. The fourth-order valence-electron chi connectivity index (χ4n) is 2.57. The molecule has 0 aliphatic heterocycles. The molecule has 0 aliphatic rings. The number of amides is 1. The molecule has 2 aromatic rings. The molecular formula is C21H26ClN2O4+. The van der Waals surface area contributed by atoms with Crippen molar-refractivity contribution in [1.29, 1.82) is 0 Å². The molecule has 0 aromatic heterocycles. The molecule has 0 aliphatic carbocycles. The van der Waals surface area contributed by atoms with Gasteiger partial charge in [-0.2, -0.15) is 0 Å². The number of hydrogen-bond acceptors (Lipinski definition) is 4. The van der Waals surface area contributed by atoms with E-state index in [1.807, 2.05) is 0 Å². The zero-order valence-corrected chi connectivity index (χ0v) is 16.9. The normalized spacial score (nSPS) is 10.6. The van der Waals surface area contributed by atoms with Crippen LogP contribution in [0.4, 0.5) is 5.69 Å². The van der Waals surface area contributed by atoms with Crippen LogP contribution in [-0.2, 0) is 9.53 Å². The van der Waals surface area contributed by atoms with E-state index in [0.29, 0.717) is 28.6 Å². The van der Waals surface area contributed by atoms with Crippen LogP contribution in [0.15, 0.2) is 48.5 Å². The average molecular weight is 406 g/mol. The molecule has 1 amide bonds. The van der Waals surface area contributed by atoms with Crippen LogP contribution in [-0.4, -0.2) is 44.7 Å². The number of likely N-dealkylation sites (N-methyl/N-ethyl adjacent to an activating group) is 1. The lowest BCUT2D eigenvalue weighted by Gasteiger charge is -2.15. The summed E-state index contributed by atoms with van der Waals surface area (Å²) in [6, 6.07) is 13.5. The molecule has 0 unspecified atom stereocenters. The van der Waals surface area contributed by atoms with Gasteiger partial charge < -0.3 is 19.7 Å². The van der Waals surface area contributed by atoms with Crippen LogP contribution >= 0.6 is 11.6 Å². The molecule has 2 aromatic carbocycles. The average Bonchev–Trinajstić information content (AvgIpc) is 2.71. The lowest BCUT2D eigenvalue weighted by molar-refractivity contribution is -0.896. The van der Waals surface area contributed by atoms with Crippen molar-refractivity contribution in [3.8, 4) is 5.75 Å². The fourth-order valence-corrected chi connectivity index (χ4v) is 2.76. The minimum absolute atomic E-state index is 0.165. The van der Waals surface area contributed by atoms with E-state index in [4.69, 9.17) is 21.1 Å². The number of anilines is 1. The van der Waals surface area contributed by atoms with Crippen LogP contribution in [0.2, 0.25) is 5.02 Å². The van der Waals surface area contributed by atoms with Crippen LogP contribution in [0.1, 0.15) is 24.2 Å². The summed E-state index contributed by atoms with van der Waals surface area (Å²) in [4.78, 5) is 25.5.